The van der Waals surface area contributed by atoms with Gasteiger partial charge in [0.05, 0.1) is 17.3 Å². The van der Waals surface area contributed by atoms with Gasteiger partial charge >= 0.3 is 0 Å². The second-order valence-corrected chi connectivity index (χ2v) is 7.36. The molecule has 0 amide bonds. The van der Waals surface area contributed by atoms with E-state index in [4.69, 9.17) is 4.98 Å². The van der Waals surface area contributed by atoms with Crippen LogP contribution < -0.4 is 10.9 Å². The Labute approximate surface area is 152 Å². The maximum absolute atomic E-state index is 12.1. The summed E-state index contributed by atoms with van der Waals surface area (Å²) in [5, 5.41) is 17.3. The molecule has 2 aliphatic rings. The van der Waals surface area contributed by atoms with Gasteiger partial charge in [-0.15, -0.1) is 0 Å². The Balaban J connectivity index is 1.45. The number of anilines is 1. The number of nitrogens with one attached hydrogen (secondary N) is 1. The van der Waals surface area contributed by atoms with E-state index in [1.165, 1.54) is 5.56 Å². The summed E-state index contributed by atoms with van der Waals surface area (Å²) in [6.07, 6.45) is 6.85. The van der Waals surface area contributed by atoms with Crippen molar-refractivity contribution in [1.82, 2.24) is 14.8 Å². The van der Waals surface area contributed by atoms with Gasteiger partial charge in [-0.3, -0.25) is 4.79 Å². The average molecular weight is 349 g/mol. The minimum absolute atomic E-state index is 0.0286. The van der Waals surface area contributed by atoms with E-state index in [0.29, 0.717) is 5.56 Å². The summed E-state index contributed by atoms with van der Waals surface area (Å²) in [6.45, 7) is 1.91. The molecule has 6 heteroatoms. The minimum atomic E-state index is -0.0286. The first-order valence-electron chi connectivity index (χ1n) is 9.40. The molecule has 1 saturated carbocycles. The third-order valence-electron chi connectivity index (χ3n) is 5.51. The van der Waals surface area contributed by atoms with Crippen molar-refractivity contribution in [1.29, 1.82) is 5.26 Å². The highest BCUT2D eigenvalue weighted by molar-refractivity contribution is 5.55. The molecule has 0 saturated heterocycles. The van der Waals surface area contributed by atoms with Gasteiger partial charge < -0.3 is 5.32 Å². The second-order valence-electron chi connectivity index (χ2n) is 7.36. The van der Waals surface area contributed by atoms with Crippen LogP contribution in [0.15, 0.2) is 23.0 Å². The highest BCUT2D eigenvalue weighted by Crippen LogP contribution is 2.30. The zero-order chi connectivity index (χ0) is 18.1. The Morgan fingerprint density at radius 2 is 2.04 bits per heavy atom. The van der Waals surface area contributed by atoms with Crippen LogP contribution in [0.5, 0.6) is 0 Å². The zero-order valence-electron chi connectivity index (χ0n) is 15.0. The largest absolute Gasteiger partial charge is 0.366 e. The van der Waals surface area contributed by atoms with Gasteiger partial charge in [-0.05, 0) is 69.6 Å². The highest BCUT2D eigenvalue weighted by atomic mass is 16.1. The van der Waals surface area contributed by atoms with Gasteiger partial charge in [-0.1, -0.05) is 0 Å². The standard InChI is InChI=1S/C20H23N5O/c1-13-5-10-19(26)25(24-13)17-8-6-16(7-9-17)22-20-15(12-21)11-14-3-2-4-18(14)23-20/h5,10-11,16-17H,2-4,6-9H2,1H3,(H,22,23). The molecule has 0 bridgehead atoms. The number of hydrogen-bond donors (Lipinski definition) is 1. The van der Waals surface area contributed by atoms with E-state index in [2.05, 4.69) is 16.5 Å². The number of fused-ring (bicyclic) bond motifs is 1. The summed E-state index contributed by atoms with van der Waals surface area (Å²) >= 11 is 0. The molecule has 26 heavy (non-hydrogen) atoms. The number of aryl methyl sites for hydroxylation is 3. The van der Waals surface area contributed by atoms with E-state index < -0.39 is 0 Å². The smallest absolute Gasteiger partial charge is 0.267 e. The van der Waals surface area contributed by atoms with Gasteiger partial charge in [0, 0.05) is 17.8 Å². The van der Waals surface area contributed by atoms with Crippen molar-refractivity contribution in [3.63, 3.8) is 0 Å². The van der Waals surface area contributed by atoms with Crippen LogP contribution in [0.25, 0.3) is 0 Å². The van der Waals surface area contributed by atoms with Gasteiger partial charge in [0.25, 0.3) is 5.56 Å². The Morgan fingerprint density at radius 1 is 1.23 bits per heavy atom. The van der Waals surface area contributed by atoms with Gasteiger partial charge in [0.15, 0.2) is 0 Å². The van der Waals surface area contributed by atoms with Crippen LogP contribution in [0.2, 0.25) is 0 Å². The lowest BCUT2D eigenvalue weighted by Crippen LogP contribution is -2.33. The van der Waals surface area contributed by atoms with Crippen molar-refractivity contribution in [2.45, 2.75) is 64.0 Å². The molecule has 2 aliphatic carbocycles. The second kappa shape index (κ2) is 6.91. The number of nitriles is 1. The topological polar surface area (TPSA) is 83.6 Å². The fraction of sp³-hybridized carbons (Fsp3) is 0.500. The van der Waals surface area contributed by atoms with Crippen LogP contribution in [0, 0.1) is 18.3 Å². The Kier molecular flexibility index (Phi) is 4.46. The Morgan fingerprint density at radius 3 is 2.81 bits per heavy atom. The van der Waals surface area contributed by atoms with Gasteiger partial charge in [0.2, 0.25) is 0 Å². The molecule has 0 aromatic carbocycles. The number of nitrogens with zero attached hydrogens (tertiary/aromatic N) is 4. The quantitative estimate of drug-likeness (QED) is 0.921. The fourth-order valence-corrected chi connectivity index (χ4v) is 4.11. The van der Waals surface area contributed by atoms with Crippen LogP contribution in [0.1, 0.15) is 60.7 Å². The Hall–Kier alpha value is -2.68. The molecule has 1 fully saturated rings. The molecule has 0 atom stereocenters. The van der Waals surface area contributed by atoms with E-state index >= 15 is 0 Å². The van der Waals surface area contributed by atoms with Crippen molar-refractivity contribution in [2.24, 2.45) is 0 Å². The third kappa shape index (κ3) is 3.22. The number of aromatic nitrogens is 3. The van der Waals surface area contributed by atoms with E-state index in [0.717, 1.165) is 62.2 Å². The molecule has 6 nitrogen and oxygen atoms in total. The monoisotopic (exact) mass is 349 g/mol. The zero-order valence-corrected chi connectivity index (χ0v) is 15.0. The molecule has 0 unspecified atom stereocenters. The summed E-state index contributed by atoms with van der Waals surface area (Å²) in [5.74, 6) is 0.724. The molecular formula is C20H23N5O. The van der Waals surface area contributed by atoms with Crippen LogP contribution in [0.4, 0.5) is 5.82 Å². The number of hydrogen-bond acceptors (Lipinski definition) is 5. The molecule has 4 rings (SSSR count). The van der Waals surface area contributed by atoms with Crippen molar-refractivity contribution >= 4 is 5.82 Å². The summed E-state index contributed by atoms with van der Waals surface area (Å²) in [7, 11) is 0. The first-order chi connectivity index (χ1) is 12.6. The summed E-state index contributed by atoms with van der Waals surface area (Å²) in [4.78, 5) is 16.8. The summed E-state index contributed by atoms with van der Waals surface area (Å²) < 4.78 is 1.64. The van der Waals surface area contributed by atoms with E-state index in [-0.39, 0.29) is 17.6 Å². The van der Waals surface area contributed by atoms with Crippen LogP contribution >= 0.6 is 0 Å². The maximum Gasteiger partial charge on any atom is 0.267 e. The molecule has 1 N–H and O–H groups in total. The predicted octanol–water partition coefficient (Wildman–Crippen LogP) is 2.90. The van der Waals surface area contributed by atoms with Gasteiger partial charge in [-0.2, -0.15) is 10.4 Å². The molecule has 0 radical (unpaired) electrons. The summed E-state index contributed by atoms with van der Waals surface area (Å²) in [6, 6.07) is 8.08. The van der Waals surface area contributed by atoms with E-state index in [9.17, 15) is 10.1 Å². The average Bonchev–Trinajstić information content (AvgIpc) is 3.11. The van der Waals surface area contributed by atoms with Crippen LogP contribution in [0.3, 0.4) is 0 Å². The normalized spacial score (nSPS) is 21.8. The van der Waals surface area contributed by atoms with E-state index in [1.807, 2.05) is 13.0 Å². The maximum atomic E-state index is 12.1. The first kappa shape index (κ1) is 16.8. The lowest BCUT2D eigenvalue weighted by atomic mass is 9.91. The number of pyridine rings is 1. The van der Waals surface area contributed by atoms with Crippen LogP contribution in [-0.2, 0) is 12.8 Å². The minimum Gasteiger partial charge on any atom is -0.366 e. The SMILES string of the molecule is Cc1ccc(=O)n(C2CCC(Nc3nc4c(cc3C#N)CCC4)CC2)n1. The molecule has 2 aromatic heterocycles. The Bertz CT molecular complexity index is 919. The van der Waals surface area contributed by atoms with Crippen molar-refractivity contribution < 1.29 is 0 Å². The molecule has 2 aromatic rings. The van der Waals surface area contributed by atoms with Crippen molar-refractivity contribution in [3.8, 4) is 6.07 Å². The highest BCUT2D eigenvalue weighted by Gasteiger charge is 2.25. The van der Waals surface area contributed by atoms with E-state index in [1.54, 1.807) is 16.8 Å². The molecule has 134 valence electrons. The lowest BCUT2D eigenvalue weighted by molar-refractivity contribution is 0.302. The molecular weight excluding hydrogens is 326 g/mol. The predicted molar refractivity (Wildman–Crippen MR) is 99.1 cm³/mol. The van der Waals surface area contributed by atoms with Crippen molar-refractivity contribution in [2.75, 3.05) is 5.32 Å². The third-order valence-corrected chi connectivity index (χ3v) is 5.51. The molecule has 0 spiro atoms. The van der Waals surface area contributed by atoms with Crippen LogP contribution in [-0.4, -0.2) is 20.8 Å². The molecule has 0 aliphatic heterocycles. The lowest BCUT2D eigenvalue weighted by Gasteiger charge is -2.30. The number of rotatable bonds is 3. The fourth-order valence-electron chi connectivity index (χ4n) is 4.11. The first-order valence-corrected chi connectivity index (χ1v) is 9.40. The molecule has 2 heterocycles. The van der Waals surface area contributed by atoms with Crippen molar-refractivity contribution in [3.05, 3.63) is 51.1 Å². The van der Waals surface area contributed by atoms with Gasteiger partial charge in [0.1, 0.15) is 11.9 Å². The van der Waals surface area contributed by atoms with Gasteiger partial charge in [-0.25, -0.2) is 9.67 Å². The summed E-state index contributed by atoms with van der Waals surface area (Å²) in [5.41, 5.74) is 3.84.